The van der Waals surface area contributed by atoms with Crippen molar-refractivity contribution in [3.05, 3.63) is 62.6 Å². The fourth-order valence-electron chi connectivity index (χ4n) is 1.87. The first-order valence-electron chi connectivity index (χ1n) is 5.88. The van der Waals surface area contributed by atoms with Gasteiger partial charge in [-0.05, 0) is 41.8 Å². The Hall–Kier alpha value is -1.03. The molecule has 0 amide bonds. The van der Waals surface area contributed by atoms with Crippen molar-refractivity contribution >= 4 is 27.5 Å². The Kier molecular flexibility index (Phi) is 4.50. The first-order chi connectivity index (χ1) is 9.02. The fraction of sp³-hybridized carbons (Fsp3) is 0.200. The smallest absolute Gasteiger partial charge is 0.120 e. The van der Waals surface area contributed by atoms with E-state index in [4.69, 9.17) is 22.1 Å². The third-order valence-corrected chi connectivity index (χ3v) is 4.19. The van der Waals surface area contributed by atoms with Crippen molar-refractivity contribution in [1.82, 2.24) is 0 Å². The summed E-state index contributed by atoms with van der Waals surface area (Å²) < 4.78 is 6.11. The summed E-state index contributed by atoms with van der Waals surface area (Å²) in [5.41, 5.74) is 9.33. The minimum absolute atomic E-state index is 0.224. The number of aryl methyl sites for hydroxylation is 1. The lowest BCUT2D eigenvalue weighted by atomic mass is 9.98. The van der Waals surface area contributed by atoms with Crippen LogP contribution in [0.3, 0.4) is 0 Å². The Morgan fingerprint density at radius 2 is 1.95 bits per heavy atom. The van der Waals surface area contributed by atoms with Gasteiger partial charge in [-0.15, -0.1) is 0 Å². The summed E-state index contributed by atoms with van der Waals surface area (Å²) in [6.45, 7) is 1.97. The van der Waals surface area contributed by atoms with E-state index in [1.807, 2.05) is 43.3 Å². The van der Waals surface area contributed by atoms with E-state index >= 15 is 0 Å². The molecule has 1 unspecified atom stereocenters. The van der Waals surface area contributed by atoms with Crippen LogP contribution >= 0.6 is 27.5 Å². The molecule has 2 rings (SSSR count). The Bertz CT molecular complexity index is 601. The average Bonchev–Trinajstić information content (AvgIpc) is 2.41. The molecule has 2 nitrogen and oxygen atoms in total. The summed E-state index contributed by atoms with van der Waals surface area (Å²) in [4.78, 5) is 0. The second kappa shape index (κ2) is 5.95. The normalized spacial score (nSPS) is 12.3. The van der Waals surface area contributed by atoms with Crippen molar-refractivity contribution in [2.24, 2.45) is 5.73 Å². The molecule has 0 fully saturated rings. The van der Waals surface area contributed by atoms with E-state index in [1.165, 1.54) is 0 Å². The molecule has 0 aromatic heterocycles. The molecule has 0 aliphatic carbocycles. The van der Waals surface area contributed by atoms with E-state index in [0.717, 1.165) is 31.9 Å². The lowest BCUT2D eigenvalue weighted by Gasteiger charge is -2.16. The van der Waals surface area contributed by atoms with Gasteiger partial charge >= 0.3 is 0 Å². The zero-order valence-corrected chi connectivity index (χ0v) is 13.1. The molecule has 0 aliphatic heterocycles. The van der Waals surface area contributed by atoms with Gasteiger partial charge < -0.3 is 10.5 Å². The third-order valence-electron chi connectivity index (χ3n) is 3.10. The van der Waals surface area contributed by atoms with E-state index in [2.05, 4.69) is 15.9 Å². The highest BCUT2D eigenvalue weighted by atomic mass is 79.9. The summed E-state index contributed by atoms with van der Waals surface area (Å²) in [7, 11) is 1.64. The number of benzene rings is 2. The van der Waals surface area contributed by atoms with Crippen LogP contribution in [-0.4, -0.2) is 7.11 Å². The standard InChI is InChI=1S/C15H15BrClNO/c1-9-3-4-10(7-14(9)17)15(18)12-6-5-11(19-2)8-13(12)16/h3-8,15H,18H2,1-2H3. The van der Waals surface area contributed by atoms with Gasteiger partial charge in [-0.25, -0.2) is 0 Å². The number of hydrogen-bond acceptors (Lipinski definition) is 2. The van der Waals surface area contributed by atoms with Crippen LogP contribution in [-0.2, 0) is 0 Å². The minimum Gasteiger partial charge on any atom is -0.497 e. The van der Waals surface area contributed by atoms with Crippen molar-refractivity contribution in [1.29, 1.82) is 0 Å². The maximum Gasteiger partial charge on any atom is 0.120 e. The number of methoxy groups -OCH3 is 1. The van der Waals surface area contributed by atoms with Crippen LogP contribution in [0.1, 0.15) is 22.7 Å². The van der Waals surface area contributed by atoms with Crippen LogP contribution in [0.4, 0.5) is 0 Å². The number of halogens is 2. The summed E-state index contributed by atoms with van der Waals surface area (Å²) in [6.07, 6.45) is 0. The largest absolute Gasteiger partial charge is 0.497 e. The molecule has 2 N–H and O–H groups in total. The predicted molar refractivity (Wildman–Crippen MR) is 82.9 cm³/mol. The van der Waals surface area contributed by atoms with Gasteiger partial charge in [0, 0.05) is 9.50 Å². The van der Waals surface area contributed by atoms with Gasteiger partial charge in [-0.2, -0.15) is 0 Å². The first kappa shape index (κ1) is 14.4. The Morgan fingerprint density at radius 1 is 1.21 bits per heavy atom. The maximum absolute atomic E-state index is 6.30. The highest BCUT2D eigenvalue weighted by Gasteiger charge is 2.13. The zero-order valence-electron chi connectivity index (χ0n) is 10.8. The van der Waals surface area contributed by atoms with Gasteiger partial charge in [-0.3, -0.25) is 0 Å². The second-order valence-corrected chi connectivity index (χ2v) is 5.64. The predicted octanol–water partition coefficient (Wildman–Crippen LogP) is 4.47. The summed E-state index contributed by atoms with van der Waals surface area (Å²) in [5, 5.41) is 0.734. The van der Waals surface area contributed by atoms with Crippen LogP contribution in [0.2, 0.25) is 5.02 Å². The fourth-order valence-corrected chi connectivity index (χ4v) is 2.66. The maximum atomic E-state index is 6.30. The van der Waals surface area contributed by atoms with Crippen molar-refractivity contribution in [3.8, 4) is 5.75 Å². The third kappa shape index (κ3) is 3.11. The SMILES string of the molecule is COc1ccc(C(N)c2ccc(C)c(Cl)c2)c(Br)c1. The van der Waals surface area contributed by atoms with Crippen molar-refractivity contribution < 1.29 is 4.74 Å². The van der Waals surface area contributed by atoms with Crippen LogP contribution in [0.5, 0.6) is 5.75 Å². The highest BCUT2D eigenvalue weighted by molar-refractivity contribution is 9.10. The molecule has 0 saturated heterocycles. The lowest BCUT2D eigenvalue weighted by molar-refractivity contribution is 0.414. The number of ether oxygens (including phenoxy) is 1. The first-order valence-corrected chi connectivity index (χ1v) is 7.05. The molecule has 2 aromatic rings. The Balaban J connectivity index is 2.38. The summed E-state index contributed by atoms with van der Waals surface area (Å²) in [5.74, 6) is 0.796. The molecule has 0 radical (unpaired) electrons. The molecule has 0 heterocycles. The number of hydrogen-bond donors (Lipinski definition) is 1. The molecular formula is C15H15BrClNO. The van der Waals surface area contributed by atoms with E-state index in [9.17, 15) is 0 Å². The topological polar surface area (TPSA) is 35.2 Å². The lowest BCUT2D eigenvalue weighted by Crippen LogP contribution is -2.12. The van der Waals surface area contributed by atoms with Crippen molar-refractivity contribution in [2.45, 2.75) is 13.0 Å². The summed E-state index contributed by atoms with van der Waals surface area (Å²) >= 11 is 9.67. The highest BCUT2D eigenvalue weighted by Crippen LogP contribution is 2.31. The Morgan fingerprint density at radius 3 is 2.53 bits per heavy atom. The Labute approximate surface area is 126 Å². The van der Waals surface area contributed by atoms with Crippen LogP contribution in [0, 0.1) is 6.92 Å². The van der Waals surface area contributed by atoms with E-state index < -0.39 is 0 Å². The quantitative estimate of drug-likeness (QED) is 0.895. The van der Waals surface area contributed by atoms with Gasteiger partial charge in [0.05, 0.1) is 13.2 Å². The molecule has 0 aliphatic rings. The molecule has 0 bridgehead atoms. The van der Waals surface area contributed by atoms with E-state index in [1.54, 1.807) is 7.11 Å². The molecule has 0 saturated carbocycles. The van der Waals surface area contributed by atoms with Gasteiger partial charge in [0.25, 0.3) is 0 Å². The van der Waals surface area contributed by atoms with Gasteiger partial charge in [-0.1, -0.05) is 45.7 Å². The van der Waals surface area contributed by atoms with Gasteiger partial charge in [0.1, 0.15) is 5.75 Å². The minimum atomic E-state index is -0.224. The van der Waals surface area contributed by atoms with Gasteiger partial charge in [0.15, 0.2) is 0 Å². The molecule has 19 heavy (non-hydrogen) atoms. The zero-order chi connectivity index (χ0) is 14.0. The molecule has 2 aromatic carbocycles. The van der Waals surface area contributed by atoms with E-state index in [0.29, 0.717) is 0 Å². The monoisotopic (exact) mass is 339 g/mol. The summed E-state index contributed by atoms with van der Waals surface area (Å²) in [6, 6.07) is 11.4. The van der Waals surface area contributed by atoms with Crippen molar-refractivity contribution in [2.75, 3.05) is 7.11 Å². The van der Waals surface area contributed by atoms with E-state index in [-0.39, 0.29) is 6.04 Å². The molecule has 100 valence electrons. The molecule has 1 atom stereocenters. The molecule has 4 heteroatoms. The second-order valence-electron chi connectivity index (χ2n) is 4.37. The van der Waals surface area contributed by atoms with Crippen LogP contribution < -0.4 is 10.5 Å². The van der Waals surface area contributed by atoms with Crippen molar-refractivity contribution in [3.63, 3.8) is 0 Å². The molecular weight excluding hydrogens is 326 g/mol. The van der Waals surface area contributed by atoms with Crippen LogP contribution in [0.15, 0.2) is 40.9 Å². The number of rotatable bonds is 3. The average molecular weight is 341 g/mol. The van der Waals surface area contributed by atoms with Gasteiger partial charge in [0.2, 0.25) is 0 Å². The molecule has 0 spiro atoms. The van der Waals surface area contributed by atoms with Crippen LogP contribution in [0.25, 0.3) is 0 Å². The number of nitrogens with two attached hydrogens (primary N) is 1.